The maximum atomic E-state index is 12.5. The van der Waals surface area contributed by atoms with Crippen molar-refractivity contribution in [3.63, 3.8) is 0 Å². The van der Waals surface area contributed by atoms with E-state index in [0.29, 0.717) is 38.5 Å². The first kappa shape index (κ1) is 17.4. The maximum Gasteiger partial charge on any atom is 0.225 e. The topological polar surface area (TPSA) is 71.7 Å². The molecule has 3 rings (SSSR count). The van der Waals surface area contributed by atoms with Gasteiger partial charge in [0.05, 0.1) is 18.8 Å². The number of rotatable bonds is 5. The SMILES string of the molecule is Cc1ccc(CCC(=O)N2CCO[C@@H](c3ccnc(N(C)C)n3)C2)o1. The van der Waals surface area contributed by atoms with E-state index in [9.17, 15) is 4.79 Å². The van der Waals surface area contributed by atoms with Crippen molar-refractivity contribution in [3.05, 3.63) is 41.6 Å². The number of morpholine rings is 1. The Morgan fingerprint density at radius 1 is 1.36 bits per heavy atom. The number of amides is 1. The van der Waals surface area contributed by atoms with Crippen molar-refractivity contribution in [3.8, 4) is 0 Å². The van der Waals surface area contributed by atoms with E-state index in [4.69, 9.17) is 9.15 Å². The van der Waals surface area contributed by atoms with Crippen LogP contribution < -0.4 is 4.90 Å². The van der Waals surface area contributed by atoms with Gasteiger partial charge in [-0.3, -0.25) is 4.79 Å². The lowest BCUT2D eigenvalue weighted by Crippen LogP contribution is -2.42. The van der Waals surface area contributed by atoms with Crippen molar-refractivity contribution >= 4 is 11.9 Å². The van der Waals surface area contributed by atoms with Crippen molar-refractivity contribution < 1.29 is 13.9 Å². The fourth-order valence-electron chi connectivity index (χ4n) is 2.82. The summed E-state index contributed by atoms with van der Waals surface area (Å²) in [5.41, 5.74) is 0.804. The van der Waals surface area contributed by atoms with Crippen LogP contribution in [0.15, 0.2) is 28.8 Å². The zero-order chi connectivity index (χ0) is 17.8. The third-order valence-electron chi connectivity index (χ3n) is 4.19. The molecule has 25 heavy (non-hydrogen) atoms. The normalized spacial score (nSPS) is 17.6. The van der Waals surface area contributed by atoms with E-state index in [1.54, 1.807) is 6.20 Å². The van der Waals surface area contributed by atoms with Gasteiger partial charge in [-0.1, -0.05) is 0 Å². The van der Waals surface area contributed by atoms with Crippen LogP contribution >= 0.6 is 0 Å². The largest absolute Gasteiger partial charge is 0.466 e. The Hall–Kier alpha value is -2.41. The number of carbonyl (C=O) groups excluding carboxylic acids is 1. The molecule has 0 aliphatic carbocycles. The Kier molecular flexibility index (Phi) is 5.33. The Balaban J connectivity index is 1.60. The predicted octanol–water partition coefficient (Wildman–Crippen LogP) is 1.98. The van der Waals surface area contributed by atoms with Crippen LogP contribution in [-0.4, -0.2) is 54.6 Å². The van der Waals surface area contributed by atoms with Crippen molar-refractivity contribution in [1.82, 2.24) is 14.9 Å². The van der Waals surface area contributed by atoms with E-state index in [1.165, 1.54) is 0 Å². The van der Waals surface area contributed by atoms with Gasteiger partial charge in [-0.2, -0.15) is 0 Å². The average Bonchev–Trinajstić information content (AvgIpc) is 3.05. The van der Waals surface area contributed by atoms with Crippen LogP contribution in [0.3, 0.4) is 0 Å². The first-order valence-electron chi connectivity index (χ1n) is 8.48. The van der Waals surface area contributed by atoms with Crippen LogP contribution in [0.25, 0.3) is 0 Å². The molecule has 0 N–H and O–H groups in total. The van der Waals surface area contributed by atoms with Gasteiger partial charge in [-0.05, 0) is 25.1 Å². The summed E-state index contributed by atoms with van der Waals surface area (Å²) in [5, 5.41) is 0. The molecule has 0 bridgehead atoms. The molecule has 134 valence electrons. The lowest BCUT2D eigenvalue weighted by Gasteiger charge is -2.33. The van der Waals surface area contributed by atoms with Crippen LogP contribution in [-0.2, 0) is 16.0 Å². The number of nitrogens with zero attached hydrogens (tertiary/aromatic N) is 4. The van der Waals surface area contributed by atoms with E-state index < -0.39 is 0 Å². The quantitative estimate of drug-likeness (QED) is 0.826. The van der Waals surface area contributed by atoms with Gasteiger partial charge in [-0.25, -0.2) is 9.97 Å². The molecule has 0 aromatic carbocycles. The second-order valence-corrected chi connectivity index (χ2v) is 6.39. The molecule has 1 amide bonds. The van der Waals surface area contributed by atoms with Gasteiger partial charge in [0, 0.05) is 39.7 Å². The summed E-state index contributed by atoms with van der Waals surface area (Å²) < 4.78 is 11.4. The minimum absolute atomic E-state index is 0.115. The number of hydrogen-bond acceptors (Lipinski definition) is 6. The number of hydrogen-bond donors (Lipinski definition) is 0. The molecule has 2 aromatic heterocycles. The van der Waals surface area contributed by atoms with Crippen LogP contribution in [0, 0.1) is 6.92 Å². The molecule has 7 nitrogen and oxygen atoms in total. The summed E-state index contributed by atoms with van der Waals surface area (Å²) in [6.45, 7) is 3.54. The predicted molar refractivity (Wildman–Crippen MR) is 93.4 cm³/mol. The fraction of sp³-hybridized carbons (Fsp3) is 0.500. The number of ether oxygens (including phenoxy) is 1. The lowest BCUT2D eigenvalue weighted by atomic mass is 10.1. The van der Waals surface area contributed by atoms with Crippen molar-refractivity contribution in [2.24, 2.45) is 0 Å². The number of aryl methyl sites for hydroxylation is 2. The molecule has 1 atom stereocenters. The van der Waals surface area contributed by atoms with Gasteiger partial charge < -0.3 is 19.0 Å². The summed E-state index contributed by atoms with van der Waals surface area (Å²) in [5.74, 6) is 2.47. The molecule has 1 aliphatic rings. The zero-order valence-corrected chi connectivity index (χ0v) is 14.9. The van der Waals surface area contributed by atoms with E-state index in [-0.39, 0.29) is 12.0 Å². The molecule has 0 radical (unpaired) electrons. The molecule has 3 heterocycles. The van der Waals surface area contributed by atoms with Gasteiger partial charge in [0.25, 0.3) is 0 Å². The lowest BCUT2D eigenvalue weighted by molar-refractivity contribution is -0.139. The molecule has 1 saturated heterocycles. The van der Waals surface area contributed by atoms with Gasteiger partial charge in [0.1, 0.15) is 17.6 Å². The van der Waals surface area contributed by atoms with E-state index in [2.05, 4.69) is 9.97 Å². The minimum Gasteiger partial charge on any atom is -0.466 e. The fourth-order valence-corrected chi connectivity index (χ4v) is 2.82. The summed E-state index contributed by atoms with van der Waals surface area (Å²) in [4.78, 5) is 25.0. The van der Waals surface area contributed by atoms with Crippen molar-refractivity contribution in [2.45, 2.75) is 25.9 Å². The monoisotopic (exact) mass is 344 g/mol. The minimum atomic E-state index is -0.217. The number of aromatic nitrogens is 2. The molecule has 0 saturated carbocycles. The highest BCUT2D eigenvalue weighted by atomic mass is 16.5. The van der Waals surface area contributed by atoms with Gasteiger partial charge in [0.2, 0.25) is 11.9 Å². The van der Waals surface area contributed by atoms with E-state index in [1.807, 2.05) is 49.0 Å². The van der Waals surface area contributed by atoms with Crippen molar-refractivity contribution in [1.29, 1.82) is 0 Å². The Bertz CT molecular complexity index is 729. The second kappa shape index (κ2) is 7.65. The Morgan fingerprint density at radius 3 is 2.92 bits per heavy atom. The number of furan rings is 1. The van der Waals surface area contributed by atoms with Crippen molar-refractivity contribution in [2.75, 3.05) is 38.7 Å². The highest BCUT2D eigenvalue weighted by Crippen LogP contribution is 2.22. The molecule has 2 aromatic rings. The van der Waals surface area contributed by atoms with Gasteiger partial charge in [-0.15, -0.1) is 0 Å². The summed E-state index contributed by atoms with van der Waals surface area (Å²) in [6, 6.07) is 5.69. The standard InChI is InChI=1S/C18H24N4O3/c1-13-4-5-14(25-13)6-7-17(23)22-10-11-24-16(12-22)15-8-9-19-18(20-15)21(2)3/h4-5,8-9,16H,6-7,10-12H2,1-3H3/t16-/m1/s1. The average molecular weight is 344 g/mol. The van der Waals surface area contributed by atoms with Crippen LogP contribution in [0.1, 0.15) is 29.7 Å². The smallest absolute Gasteiger partial charge is 0.225 e. The second-order valence-electron chi connectivity index (χ2n) is 6.39. The van der Waals surface area contributed by atoms with Gasteiger partial charge >= 0.3 is 0 Å². The highest BCUT2D eigenvalue weighted by molar-refractivity contribution is 5.76. The maximum absolute atomic E-state index is 12.5. The summed E-state index contributed by atoms with van der Waals surface area (Å²) >= 11 is 0. The molecule has 1 fully saturated rings. The first-order valence-corrected chi connectivity index (χ1v) is 8.48. The molecule has 0 spiro atoms. The first-order chi connectivity index (χ1) is 12.0. The third kappa shape index (κ3) is 4.36. The molecule has 7 heteroatoms. The van der Waals surface area contributed by atoms with E-state index in [0.717, 1.165) is 17.2 Å². The van der Waals surface area contributed by atoms with Crippen LogP contribution in [0.4, 0.5) is 5.95 Å². The highest BCUT2D eigenvalue weighted by Gasteiger charge is 2.26. The summed E-state index contributed by atoms with van der Waals surface area (Å²) in [7, 11) is 3.79. The molecule has 0 unspecified atom stereocenters. The van der Waals surface area contributed by atoms with Crippen LogP contribution in [0.5, 0.6) is 0 Å². The number of anilines is 1. The third-order valence-corrected chi connectivity index (χ3v) is 4.19. The Labute approximate surface area is 147 Å². The molecular formula is C18H24N4O3. The Morgan fingerprint density at radius 2 is 2.20 bits per heavy atom. The number of carbonyl (C=O) groups is 1. The van der Waals surface area contributed by atoms with Gasteiger partial charge in [0.15, 0.2) is 0 Å². The zero-order valence-electron chi connectivity index (χ0n) is 14.9. The molecular weight excluding hydrogens is 320 g/mol. The van der Waals surface area contributed by atoms with Crippen LogP contribution in [0.2, 0.25) is 0 Å². The molecule has 1 aliphatic heterocycles. The summed E-state index contributed by atoms with van der Waals surface area (Å²) in [6.07, 6.45) is 2.56. The van der Waals surface area contributed by atoms with E-state index >= 15 is 0 Å².